The van der Waals surface area contributed by atoms with Gasteiger partial charge in [-0.2, -0.15) is 0 Å². The number of piperidine rings is 1. The molecule has 0 radical (unpaired) electrons. The lowest BCUT2D eigenvalue weighted by Gasteiger charge is -2.28. The SMILES string of the molecule is COc1ccc(N2CCC(=O)CC2)cc1OC.Cc1ccc(Br)cc1. The number of methoxy groups -OCH3 is 2. The molecule has 1 heterocycles. The number of ketones is 1. The molecule has 1 aliphatic rings. The van der Waals surface area contributed by atoms with Crippen LogP contribution < -0.4 is 14.4 Å². The van der Waals surface area contributed by atoms with Crippen LogP contribution in [0.25, 0.3) is 0 Å². The Kier molecular flexibility index (Phi) is 7.31. The molecular formula is C20H24BrNO3. The van der Waals surface area contributed by atoms with Crippen molar-refractivity contribution in [3.8, 4) is 11.5 Å². The van der Waals surface area contributed by atoms with Gasteiger partial charge in [0, 0.05) is 42.2 Å². The Hall–Kier alpha value is -2.01. The van der Waals surface area contributed by atoms with Crippen molar-refractivity contribution in [2.24, 2.45) is 0 Å². The van der Waals surface area contributed by atoms with Crippen molar-refractivity contribution in [2.75, 3.05) is 32.2 Å². The standard InChI is InChI=1S/C13H17NO3.C7H7Br/c1-16-12-4-3-10(9-13(12)17-2)14-7-5-11(15)6-8-14;1-6-2-4-7(8)5-3-6/h3-4,9H,5-8H2,1-2H3;2-5H,1H3. The van der Waals surface area contributed by atoms with E-state index in [9.17, 15) is 4.79 Å². The van der Waals surface area contributed by atoms with Gasteiger partial charge < -0.3 is 14.4 Å². The fourth-order valence-electron chi connectivity index (χ4n) is 2.57. The van der Waals surface area contributed by atoms with Gasteiger partial charge in [0.1, 0.15) is 5.78 Å². The maximum Gasteiger partial charge on any atom is 0.162 e. The minimum absolute atomic E-state index is 0.349. The minimum Gasteiger partial charge on any atom is -0.493 e. The van der Waals surface area contributed by atoms with E-state index in [0.717, 1.165) is 34.7 Å². The number of ether oxygens (including phenoxy) is 2. The first kappa shape index (κ1) is 19.3. The molecule has 1 aliphatic heterocycles. The van der Waals surface area contributed by atoms with Crippen LogP contribution in [0.15, 0.2) is 46.9 Å². The summed E-state index contributed by atoms with van der Waals surface area (Å²) in [6.45, 7) is 3.65. The normalized spacial score (nSPS) is 13.8. The van der Waals surface area contributed by atoms with Crippen molar-refractivity contribution in [3.05, 3.63) is 52.5 Å². The third-order valence-corrected chi connectivity index (χ3v) is 4.59. The topological polar surface area (TPSA) is 38.8 Å². The quantitative estimate of drug-likeness (QED) is 0.745. The third kappa shape index (κ3) is 5.78. The van der Waals surface area contributed by atoms with Gasteiger partial charge in [-0.1, -0.05) is 33.6 Å². The van der Waals surface area contributed by atoms with Crippen molar-refractivity contribution < 1.29 is 14.3 Å². The van der Waals surface area contributed by atoms with Crippen LogP contribution in [-0.4, -0.2) is 33.1 Å². The summed E-state index contributed by atoms with van der Waals surface area (Å²) in [5, 5.41) is 0. The number of benzene rings is 2. The zero-order chi connectivity index (χ0) is 18.2. The first-order valence-electron chi connectivity index (χ1n) is 8.24. The van der Waals surface area contributed by atoms with Crippen LogP contribution in [-0.2, 0) is 4.79 Å². The largest absolute Gasteiger partial charge is 0.493 e. The molecular weight excluding hydrogens is 382 g/mol. The molecule has 0 saturated carbocycles. The van der Waals surface area contributed by atoms with Crippen LogP contribution in [0.3, 0.4) is 0 Å². The Morgan fingerprint density at radius 3 is 2.04 bits per heavy atom. The second-order valence-corrected chi connectivity index (χ2v) is 6.78. The van der Waals surface area contributed by atoms with E-state index in [-0.39, 0.29) is 0 Å². The summed E-state index contributed by atoms with van der Waals surface area (Å²) in [4.78, 5) is 13.4. The van der Waals surface area contributed by atoms with E-state index in [0.29, 0.717) is 18.6 Å². The van der Waals surface area contributed by atoms with Crippen LogP contribution in [0.5, 0.6) is 11.5 Å². The number of carbonyl (C=O) groups is 1. The van der Waals surface area contributed by atoms with Gasteiger partial charge in [-0.15, -0.1) is 0 Å². The minimum atomic E-state index is 0.349. The van der Waals surface area contributed by atoms with Gasteiger partial charge in [0.05, 0.1) is 14.2 Å². The summed E-state index contributed by atoms with van der Waals surface area (Å²) >= 11 is 3.35. The maximum absolute atomic E-state index is 11.2. The Bertz CT molecular complexity index is 670. The van der Waals surface area contributed by atoms with Crippen molar-refractivity contribution in [1.29, 1.82) is 0 Å². The fourth-order valence-corrected chi connectivity index (χ4v) is 2.83. The van der Waals surface area contributed by atoms with Crippen molar-refractivity contribution in [2.45, 2.75) is 19.8 Å². The van der Waals surface area contributed by atoms with Crippen LogP contribution in [0.1, 0.15) is 18.4 Å². The van der Waals surface area contributed by atoms with E-state index in [1.807, 2.05) is 30.3 Å². The highest BCUT2D eigenvalue weighted by Gasteiger charge is 2.17. The average Bonchev–Trinajstić information content (AvgIpc) is 2.64. The molecule has 2 aromatic rings. The van der Waals surface area contributed by atoms with Crippen LogP contribution >= 0.6 is 15.9 Å². The molecule has 5 heteroatoms. The molecule has 2 aromatic carbocycles. The zero-order valence-electron chi connectivity index (χ0n) is 14.9. The molecule has 0 N–H and O–H groups in total. The van der Waals surface area contributed by atoms with E-state index in [1.54, 1.807) is 14.2 Å². The number of rotatable bonds is 3. The molecule has 0 spiro atoms. The highest BCUT2D eigenvalue weighted by Crippen LogP contribution is 2.32. The lowest BCUT2D eigenvalue weighted by molar-refractivity contribution is -0.119. The summed E-state index contributed by atoms with van der Waals surface area (Å²) in [5.74, 6) is 1.80. The summed E-state index contributed by atoms with van der Waals surface area (Å²) in [7, 11) is 3.25. The van der Waals surface area contributed by atoms with Gasteiger partial charge in [-0.05, 0) is 31.2 Å². The number of hydrogen-bond donors (Lipinski definition) is 0. The van der Waals surface area contributed by atoms with Crippen LogP contribution in [0, 0.1) is 6.92 Å². The number of anilines is 1. The Morgan fingerprint density at radius 2 is 1.52 bits per heavy atom. The van der Waals surface area contributed by atoms with Gasteiger partial charge in [-0.25, -0.2) is 0 Å². The van der Waals surface area contributed by atoms with Crippen LogP contribution in [0.2, 0.25) is 0 Å². The molecule has 1 fully saturated rings. The zero-order valence-corrected chi connectivity index (χ0v) is 16.5. The first-order valence-corrected chi connectivity index (χ1v) is 9.03. The molecule has 0 atom stereocenters. The van der Waals surface area contributed by atoms with Gasteiger partial charge in [0.2, 0.25) is 0 Å². The molecule has 1 saturated heterocycles. The molecule has 0 amide bonds. The van der Waals surface area contributed by atoms with Crippen molar-refractivity contribution in [1.82, 2.24) is 0 Å². The predicted octanol–water partition coefficient (Wildman–Crippen LogP) is 4.63. The van der Waals surface area contributed by atoms with Crippen molar-refractivity contribution in [3.63, 3.8) is 0 Å². The molecule has 3 rings (SSSR count). The highest BCUT2D eigenvalue weighted by molar-refractivity contribution is 9.10. The maximum atomic E-state index is 11.2. The number of hydrogen-bond acceptors (Lipinski definition) is 4. The lowest BCUT2D eigenvalue weighted by atomic mass is 10.1. The second-order valence-electron chi connectivity index (χ2n) is 5.86. The third-order valence-electron chi connectivity index (χ3n) is 4.06. The van der Waals surface area contributed by atoms with E-state index in [4.69, 9.17) is 9.47 Å². The van der Waals surface area contributed by atoms with E-state index >= 15 is 0 Å². The summed E-state index contributed by atoms with van der Waals surface area (Å²) in [6.07, 6.45) is 1.27. The molecule has 25 heavy (non-hydrogen) atoms. The Morgan fingerprint density at radius 1 is 0.920 bits per heavy atom. The summed E-state index contributed by atoms with van der Waals surface area (Å²) < 4.78 is 11.6. The van der Waals surface area contributed by atoms with E-state index in [2.05, 4.69) is 39.9 Å². The van der Waals surface area contributed by atoms with E-state index in [1.165, 1.54) is 5.56 Å². The van der Waals surface area contributed by atoms with E-state index < -0.39 is 0 Å². The summed E-state index contributed by atoms with van der Waals surface area (Å²) in [6, 6.07) is 14.1. The molecule has 0 aliphatic carbocycles. The predicted molar refractivity (Wildman–Crippen MR) is 105 cm³/mol. The van der Waals surface area contributed by atoms with Gasteiger partial charge in [0.25, 0.3) is 0 Å². The number of Topliss-reactive ketones (excluding diaryl/α,β-unsaturated/α-hetero) is 1. The monoisotopic (exact) mass is 405 g/mol. The Balaban J connectivity index is 0.000000236. The fraction of sp³-hybridized carbons (Fsp3) is 0.350. The number of nitrogens with zero attached hydrogens (tertiary/aromatic N) is 1. The smallest absolute Gasteiger partial charge is 0.162 e. The summed E-state index contributed by atoms with van der Waals surface area (Å²) in [5.41, 5.74) is 2.38. The lowest BCUT2D eigenvalue weighted by Crippen LogP contribution is -2.33. The van der Waals surface area contributed by atoms with Crippen molar-refractivity contribution >= 4 is 27.4 Å². The highest BCUT2D eigenvalue weighted by atomic mass is 79.9. The number of carbonyl (C=O) groups excluding carboxylic acids is 1. The molecule has 4 nitrogen and oxygen atoms in total. The van der Waals surface area contributed by atoms with Gasteiger partial charge >= 0.3 is 0 Å². The first-order chi connectivity index (χ1) is 12.0. The molecule has 0 aromatic heterocycles. The Labute approximate surface area is 157 Å². The van der Waals surface area contributed by atoms with Crippen LogP contribution in [0.4, 0.5) is 5.69 Å². The van der Waals surface area contributed by atoms with Gasteiger partial charge in [-0.3, -0.25) is 4.79 Å². The van der Waals surface area contributed by atoms with Gasteiger partial charge in [0.15, 0.2) is 11.5 Å². The average molecular weight is 406 g/mol. The molecule has 134 valence electrons. The number of halogens is 1. The molecule has 0 unspecified atom stereocenters. The number of aryl methyl sites for hydroxylation is 1. The molecule has 0 bridgehead atoms. The second kappa shape index (κ2) is 9.47.